The van der Waals surface area contributed by atoms with Crippen LogP contribution in [0.15, 0.2) is 12.4 Å². The molecule has 1 fully saturated rings. The van der Waals surface area contributed by atoms with Crippen LogP contribution >= 0.6 is 11.3 Å². The fraction of sp³-hybridized carbons (Fsp3) is 0.500. The Labute approximate surface area is 121 Å². The van der Waals surface area contributed by atoms with Crippen molar-refractivity contribution < 1.29 is 9.90 Å². The zero-order valence-electron chi connectivity index (χ0n) is 11.6. The normalized spacial score (nSPS) is 18.4. The van der Waals surface area contributed by atoms with E-state index in [1.54, 1.807) is 17.7 Å². The molecular formula is C14H17N3O2S. The van der Waals surface area contributed by atoms with E-state index < -0.39 is 11.4 Å². The van der Waals surface area contributed by atoms with Crippen molar-refractivity contribution in [2.75, 3.05) is 18.0 Å². The molecule has 0 aliphatic carbocycles. The number of fused-ring (bicyclic) bond motifs is 1. The van der Waals surface area contributed by atoms with Crippen molar-refractivity contribution in [3.63, 3.8) is 0 Å². The molecule has 1 aliphatic rings. The summed E-state index contributed by atoms with van der Waals surface area (Å²) in [6.07, 6.45) is 2.90. The lowest BCUT2D eigenvalue weighted by Crippen LogP contribution is -2.43. The first-order chi connectivity index (χ1) is 9.49. The number of carboxylic acids is 1. The van der Waals surface area contributed by atoms with E-state index in [0.29, 0.717) is 12.8 Å². The number of anilines is 1. The Hall–Kier alpha value is -1.69. The van der Waals surface area contributed by atoms with Crippen molar-refractivity contribution in [3.8, 4) is 0 Å². The smallest absolute Gasteiger partial charge is 0.309 e. The van der Waals surface area contributed by atoms with Gasteiger partial charge in [0.2, 0.25) is 0 Å². The van der Waals surface area contributed by atoms with Gasteiger partial charge in [0.25, 0.3) is 0 Å². The van der Waals surface area contributed by atoms with Gasteiger partial charge in [-0.1, -0.05) is 0 Å². The van der Waals surface area contributed by atoms with Gasteiger partial charge in [0.1, 0.15) is 17.0 Å². The maximum Gasteiger partial charge on any atom is 0.309 e. The van der Waals surface area contributed by atoms with Gasteiger partial charge in [-0.05, 0) is 32.8 Å². The van der Waals surface area contributed by atoms with E-state index in [4.69, 9.17) is 0 Å². The van der Waals surface area contributed by atoms with Crippen LogP contribution < -0.4 is 4.90 Å². The second kappa shape index (κ2) is 4.70. The van der Waals surface area contributed by atoms with Crippen LogP contribution in [0.1, 0.15) is 24.6 Å². The minimum absolute atomic E-state index is 0.604. The number of aromatic nitrogens is 2. The summed E-state index contributed by atoms with van der Waals surface area (Å²) in [5.41, 5.74) is -0.604. The molecule has 0 bridgehead atoms. The van der Waals surface area contributed by atoms with E-state index in [1.165, 1.54) is 4.88 Å². The third-order valence-electron chi connectivity index (χ3n) is 4.11. The van der Waals surface area contributed by atoms with Crippen LogP contribution in [0.5, 0.6) is 0 Å². The predicted octanol–water partition coefficient (Wildman–Crippen LogP) is 2.69. The topological polar surface area (TPSA) is 66.3 Å². The lowest BCUT2D eigenvalue weighted by molar-refractivity contribution is -0.149. The van der Waals surface area contributed by atoms with Crippen LogP contribution in [-0.2, 0) is 4.79 Å². The van der Waals surface area contributed by atoms with Gasteiger partial charge >= 0.3 is 5.97 Å². The van der Waals surface area contributed by atoms with Crippen molar-refractivity contribution in [2.45, 2.75) is 26.7 Å². The fourth-order valence-corrected chi connectivity index (χ4v) is 3.48. The highest BCUT2D eigenvalue weighted by atomic mass is 32.1. The summed E-state index contributed by atoms with van der Waals surface area (Å²) >= 11 is 1.66. The molecule has 0 amide bonds. The Balaban J connectivity index is 1.89. The number of rotatable bonds is 2. The second-order valence-electron chi connectivity index (χ2n) is 5.63. The molecule has 2 aromatic heterocycles. The molecule has 20 heavy (non-hydrogen) atoms. The largest absolute Gasteiger partial charge is 0.481 e. The number of thiophene rings is 1. The SMILES string of the molecule is Cc1cc2c(N3CCC(C)(C(=O)O)CC3)ncnc2s1. The maximum absolute atomic E-state index is 11.3. The average molecular weight is 291 g/mol. The molecule has 6 heteroatoms. The van der Waals surface area contributed by atoms with Crippen molar-refractivity contribution in [3.05, 3.63) is 17.3 Å². The first-order valence-corrected chi connectivity index (χ1v) is 7.51. The number of carbonyl (C=O) groups is 1. The Morgan fingerprint density at radius 1 is 1.40 bits per heavy atom. The molecule has 0 saturated carbocycles. The van der Waals surface area contributed by atoms with E-state index in [9.17, 15) is 9.90 Å². The Morgan fingerprint density at radius 3 is 2.75 bits per heavy atom. The molecule has 5 nitrogen and oxygen atoms in total. The zero-order valence-corrected chi connectivity index (χ0v) is 12.4. The molecule has 1 N–H and O–H groups in total. The first kappa shape index (κ1) is 13.3. The van der Waals surface area contributed by atoms with Crippen molar-refractivity contribution in [2.24, 2.45) is 5.41 Å². The third kappa shape index (κ3) is 2.14. The quantitative estimate of drug-likeness (QED) is 0.921. The molecule has 0 atom stereocenters. The first-order valence-electron chi connectivity index (χ1n) is 6.69. The highest BCUT2D eigenvalue weighted by Gasteiger charge is 2.37. The molecule has 0 radical (unpaired) electrons. The van der Waals surface area contributed by atoms with Gasteiger partial charge < -0.3 is 10.0 Å². The molecule has 2 aromatic rings. The summed E-state index contributed by atoms with van der Waals surface area (Å²) in [5, 5.41) is 10.4. The number of nitrogens with zero attached hydrogens (tertiary/aromatic N) is 3. The fourth-order valence-electron chi connectivity index (χ4n) is 2.64. The van der Waals surface area contributed by atoms with Gasteiger partial charge in [0, 0.05) is 18.0 Å². The second-order valence-corrected chi connectivity index (χ2v) is 6.86. The van der Waals surface area contributed by atoms with Crippen LogP contribution in [0.3, 0.4) is 0 Å². The van der Waals surface area contributed by atoms with Gasteiger partial charge in [-0.2, -0.15) is 0 Å². The minimum atomic E-state index is -0.698. The molecule has 0 aromatic carbocycles. The Bertz CT molecular complexity index is 659. The lowest BCUT2D eigenvalue weighted by atomic mass is 9.80. The molecule has 1 saturated heterocycles. The van der Waals surface area contributed by atoms with Crippen LogP contribution in [-0.4, -0.2) is 34.1 Å². The number of hydrogen-bond acceptors (Lipinski definition) is 5. The number of aliphatic carboxylic acids is 1. The van der Waals surface area contributed by atoms with Crippen LogP contribution in [0, 0.1) is 12.3 Å². The van der Waals surface area contributed by atoms with Crippen molar-refractivity contribution >= 4 is 33.3 Å². The molecule has 0 unspecified atom stereocenters. The van der Waals surface area contributed by atoms with Crippen LogP contribution in [0.2, 0.25) is 0 Å². The highest BCUT2D eigenvalue weighted by Crippen LogP contribution is 2.36. The number of aryl methyl sites for hydroxylation is 1. The molecule has 106 valence electrons. The minimum Gasteiger partial charge on any atom is -0.481 e. The zero-order chi connectivity index (χ0) is 14.3. The number of piperidine rings is 1. The standard InChI is InChI=1S/C14H17N3O2S/c1-9-7-10-11(15-8-16-12(10)20-9)17-5-3-14(2,4-6-17)13(18)19/h7-8H,3-6H2,1-2H3,(H,18,19). The summed E-state index contributed by atoms with van der Waals surface area (Å²) in [7, 11) is 0. The van der Waals surface area contributed by atoms with E-state index in [0.717, 1.165) is 29.1 Å². The average Bonchev–Trinajstić information content (AvgIpc) is 2.79. The lowest BCUT2D eigenvalue weighted by Gasteiger charge is -2.37. The summed E-state index contributed by atoms with van der Waals surface area (Å²) in [4.78, 5) is 24.4. The molecule has 3 heterocycles. The van der Waals surface area contributed by atoms with Gasteiger partial charge in [-0.3, -0.25) is 4.79 Å². The van der Waals surface area contributed by atoms with E-state index in [-0.39, 0.29) is 0 Å². The number of hydrogen-bond donors (Lipinski definition) is 1. The summed E-state index contributed by atoms with van der Waals surface area (Å²) in [6.45, 7) is 5.35. The highest BCUT2D eigenvalue weighted by molar-refractivity contribution is 7.18. The van der Waals surface area contributed by atoms with Crippen LogP contribution in [0.4, 0.5) is 5.82 Å². The summed E-state index contributed by atoms with van der Waals surface area (Å²) < 4.78 is 0. The predicted molar refractivity (Wildman–Crippen MR) is 79.3 cm³/mol. The van der Waals surface area contributed by atoms with E-state index in [1.807, 2.05) is 6.92 Å². The monoisotopic (exact) mass is 291 g/mol. The van der Waals surface area contributed by atoms with Crippen LogP contribution in [0.25, 0.3) is 10.2 Å². The Morgan fingerprint density at radius 2 is 2.10 bits per heavy atom. The molecule has 3 rings (SSSR count). The van der Waals surface area contributed by atoms with Gasteiger partial charge in [-0.25, -0.2) is 9.97 Å². The molecule has 1 aliphatic heterocycles. The maximum atomic E-state index is 11.3. The van der Waals surface area contributed by atoms with Gasteiger partial charge in [-0.15, -0.1) is 11.3 Å². The van der Waals surface area contributed by atoms with E-state index >= 15 is 0 Å². The van der Waals surface area contributed by atoms with Gasteiger partial charge in [0.15, 0.2) is 0 Å². The number of carboxylic acid groups (broad SMARTS) is 1. The Kier molecular flexibility index (Phi) is 3.12. The summed E-state index contributed by atoms with van der Waals surface area (Å²) in [5.74, 6) is 0.239. The summed E-state index contributed by atoms with van der Waals surface area (Å²) in [6, 6.07) is 2.11. The molecule has 0 spiro atoms. The van der Waals surface area contributed by atoms with Gasteiger partial charge in [0.05, 0.1) is 10.8 Å². The van der Waals surface area contributed by atoms with Crippen molar-refractivity contribution in [1.29, 1.82) is 0 Å². The third-order valence-corrected chi connectivity index (χ3v) is 5.07. The molecular weight excluding hydrogens is 274 g/mol. The van der Waals surface area contributed by atoms with Crippen molar-refractivity contribution in [1.82, 2.24) is 9.97 Å². The van der Waals surface area contributed by atoms with E-state index in [2.05, 4.69) is 27.9 Å².